The van der Waals surface area contributed by atoms with Crippen LogP contribution in [-0.4, -0.2) is 32.5 Å². The molecule has 0 aliphatic carbocycles. The number of nitrogens with zero attached hydrogens (tertiary/aromatic N) is 2. The molecule has 6 heteroatoms. The van der Waals surface area contributed by atoms with Gasteiger partial charge in [-0.2, -0.15) is 5.26 Å². The highest BCUT2D eigenvalue weighted by Gasteiger charge is 2.18. The van der Waals surface area contributed by atoms with Gasteiger partial charge in [0.25, 0.3) is 0 Å². The van der Waals surface area contributed by atoms with Crippen molar-refractivity contribution in [3.63, 3.8) is 0 Å². The summed E-state index contributed by atoms with van der Waals surface area (Å²) in [6.07, 6.45) is 2.15. The van der Waals surface area contributed by atoms with E-state index in [2.05, 4.69) is 6.07 Å². The number of nitriles is 1. The van der Waals surface area contributed by atoms with Crippen LogP contribution in [0.2, 0.25) is 0 Å². The van der Waals surface area contributed by atoms with Crippen molar-refractivity contribution in [1.82, 2.24) is 4.90 Å². The molecule has 0 aliphatic rings. The molecule has 0 aromatic heterocycles. The second-order valence-electron chi connectivity index (χ2n) is 6.33. The summed E-state index contributed by atoms with van der Waals surface area (Å²) >= 11 is 0. The lowest BCUT2D eigenvalue weighted by atomic mass is 10.0. The third-order valence-corrected chi connectivity index (χ3v) is 5.60. The van der Waals surface area contributed by atoms with Crippen molar-refractivity contribution in [2.24, 2.45) is 0 Å². The summed E-state index contributed by atoms with van der Waals surface area (Å²) in [6, 6.07) is 15.7. The van der Waals surface area contributed by atoms with E-state index in [4.69, 9.17) is 5.26 Å². The van der Waals surface area contributed by atoms with Crippen molar-refractivity contribution in [3.05, 3.63) is 65.2 Å². The van der Waals surface area contributed by atoms with Crippen LogP contribution in [0.5, 0.6) is 0 Å². The van der Waals surface area contributed by atoms with Crippen molar-refractivity contribution in [2.75, 3.05) is 13.3 Å². The summed E-state index contributed by atoms with van der Waals surface area (Å²) in [5.41, 5.74) is 2.49. The number of sulfone groups is 1. The van der Waals surface area contributed by atoms with Gasteiger partial charge in [-0.1, -0.05) is 24.3 Å². The van der Waals surface area contributed by atoms with E-state index in [0.717, 1.165) is 11.1 Å². The molecular weight excluding hydrogens is 348 g/mol. The normalized spacial score (nSPS) is 12.2. The van der Waals surface area contributed by atoms with Gasteiger partial charge in [-0.25, -0.2) is 8.42 Å². The first-order chi connectivity index (χ1) is 12.2. The highest BCUT2D eigenvalue weighted by molar-refractivity contribution is 7.90. The van der Waals surface area contributed by atoms with E-state index in [0.29, 0.717) is 18.4 Å². The average molecular weight is 370 g/mol. The molecule has 2 rings (SSSR count). The summed E-state index contributed by atoms with van der Waals surface area (Å²) in [5, 5.41) is 8.81. The first kappa shape index (κ1) is 19.7. The van der Waals surface area contributed by atoms with Gasteiger partial charge in [0.05, 0.1) is 22.6 Å². The number of benzene rings is 2. The van der Waals surface area contributed by atoms with Crippen molar-refractivity contribution < 1.29 is 13.2 Å². The summed E-state index contributed by atoms with van der Waals surface area (Å²) < 4.78 is 23.1. The summed E-state index contributed by atoms with van der Waals surface area (Å²) in [6.45, 7) is 1.91. The largest absolute Gasteiger partial charge is 0.339 e. The van der Waals surface area contributed by atoms with Gasteiger partial charge in [0.15, 0.2) is 9.84 Å². The maximum absolute atomic E-state index is 12.5. The summed E-state index contributed by atoms with van der Waals surface area (Å²) in [5.74, 6) is 0.00838. The molecule has 1 atom stereocenters. The predicted molar refractivity (Wildman–Crippen MR) is 100 cm³/mol. The van der Waals surface area contributed by atoms with Gasteiger partial charge in [-0.05, 0) is 48.7 Å². The van der Waals surface area contributed by atoms with E-state index in [-0.39, 0.29) is 16.8 Å². The summed E-state index contributed by atoms with van der Waals surface area (Å²) in [7, 11) is -1.48. The Morgan fingerprint density at radius 1 is 1.12 bits per heavy atom. The zero-order valence-corrected chi connectivity index (χ0v) is 16.0. The lowest BCUT2D eigenvalue weighted by Crippen LogP contribution is -2.29. The average Bonchev–Trinajstić information content (AvgIpc) is 2.64. The number of rotatable bonds is 6. The van der Waals surface area contributed by atoms with Crippen LogP contribution in [0.4, 0.5) is 0 Å². The molecule has 0 saturated carbocycles. The monoisotopic (exact) mass is 370 g/mol. The van der Waals surface area contributed by atoms with Crippen LogP contribution in [0, 0.1) is 11.3 Å². The van der Waals surface area contributed by atoms with Gasteiger partial charge in [0.1, 0.15) is 0 Å². The molecule has 2 aromatic carbocycles. The highest BCUT2D eigenvalue weighted by atomic mass is 32.2. The van der Waals surface area contributed by atoms with Crippen LogP contribution in [0.15, 0.2) is 53.4 Å². The first-order valence-electron chi connectivity index (χ1n) is 8.27. The molecule has 2 aromatic rings. The minimum absolute atomic E-state index is 0.00838. The van der Waals surface area contributed by atoms with Gasteiger partial charge in [-0.15, -0.1) is 0 Å². The standard InChI is InChI=1S/C20H22N2O3S/c1-15(18-9-11-19(12-10-18)26(3,24)25)22(2)20(23)13-8-16-4-6-17(14-21)7-5-16/h4-7,9-12,15H,8,13H2,1-3H3. The molecule has 26 heavy (non-hydrogen) atoms. The Bertz CT molecular complexity index is 911. The van der Waals surface area contributed by atoms with E-state index in [1.165, 1.54) is 6.26 Å². The third kappa shape index (κ3) is 4.93. The van der Waals surface area contributed by atoms with Gasteiger partial charge in [-0.3, -0.25) is 4.79 Å². The van der Waals surface area contributed by atoms with Crippen LogP contribution >= 0.6 is 0 Å². The predicted octanol–water partition coefficient (Wildman–Crippen LogP) is 3.11. The van der Waals surface area contributed by atoms with Crippen LogP contribution in [-0.2, 0) is 21.1 Å². The first-order valence-corrected chi connectivity index (χ1v) is 10.2. The van der Waals surface area contributed by atoms with Crippen LogP contribution in [0.1, 0.15) is 36.1 Å². The van der Waals surface area contributed by atoms with Crippen LogP contribution < -0.4 is 0 Å². The molecule has 0 spiro atoms. The molecule has 1 unspecified atom stereocenters. The zero-order valence-electron chi connectivity index (χ0n) is 15.1. The maximum Gasteiger partial charge on any atom is 0.223 e. The molecule has 136 valence electrons. The lowest BCUT2D eigenvalue weighted by Gasteiger charge is -2.25. The molecule has 0 fully saturated rings. The topological polar surface area (TPSA) is 78.2 Å². The Labute approximate surface area is 154 Å². The van der Waals surface area contributed by atoms with Crippen molar-refractivity contribution >= 4 is 15.7 Å². The minimum Gasteiger partial charge on any atom is -0.339 e. The minimum atomic E-state index is -3.23. The Morgan fingerprint density at radius 3 is 2.19 bits per heavy atom. The number of hydrogen-bond acceptors (Lipinski definition) is 4. The quantitative estimate of drug-likeness (QED) is 0.783. The fourth-order valence-electron chi connectivity index (χ4n) is 2.61. The smallest absolute Gasteiger partial charge is 0.223 e. The van der Waals surface area contributed by atoms with Gasteiger partial charge in [0, 0.05) is 19.7 Å². The van der Waals surface area contributed by atoms with Gasteiger partial charge < -0.3 is 4.90 Å². The Hall–Kier alpha value is -2.65. The molecule has 1 amide bonds. The Balaban J connectivity index is 1.99. The molecule has 0 saturated heterocycles. The third-order valence-electron chi connectivity index (χ3n) is 4.48. The Morgan fingerprint density at radius 2 is 1.69 bits per heavy atom. The molecule has 0 heterocycles. The fraction of sp³-hybridized carbons (Fsp3) is 0.300. The van der Waals surface area contributed by atoms with E-state index < -0.39 is 9.84 Å². The van der Waals surface area contributed by atoms with Crippen molar-refractivity contribution in [1.29, 1.82) is 5.26 Å². The number of carbonyl (C=O) groups is 1. The SMILES string of the molecule is CC(c1ccc(S(C)(=O)=O)cc1)N(C)C(=O)CCc1ccc(C#N)cc1. The van der Waals surface area contributed by atoms with Gasteiger partial charge >= 0.3 is 0 Å². The van der Waals surface area contributed by atoms with E-state index in [1.807, 2.05) is 19.1 Å². The number of aryl methyl sites for hydroxylation is 1. The maximum atomic E-state index is 12.5. The van der Waals surface area contributed by atoms with Crippen LogP contribution in [0.25, 0.3) is 0 Å². The fourth-order valence-corrected chi connectivity index (χ4v) is 3.24. The van der Waals surface area contributed by atoms with E-state index in [1.54, 1.807) is 48.3 Å². The molecule has 0 radical (unpaired) electrons. The zero-order chi connectivity index (χ0) is 19.3. The van der Waals surface area contributed by atoms with Gasteiger partial charge in [0.2, 0.25) is 5.91 Å². The second kappa shape index (κ2) is 8.15. The molecule has 0 N–H and O–H groups in total. The van der Waals surface area contributed by atoms with E-state index >= 15 is 0 Å². The van der Waals surface area contributed by atoms with Crippen molar-refractivity contribution in [3.8, 4) is 6.07 Å². The molecule has 0 aliphatic heterocycles. The van der Waals surface area contributed by atoms with Crippen LogP contribution in [0.3, 0.4) is 0 Å². The number of carbonyl (C=O) groups excluding carboxylic acids is 1. The Kier molecular flexibility index (Phi) is 6.17. The number of hydrogen-bond donors (Lipinski definition) is 0. The lowest BCUT2D eigenvalue weighted by molar-refractivity contribution is -0.131. The molecule has 5 nitrogen and oxygen atoms in total. The molecular formula is C20H22N2O3S. The molecule has 0 bridgehead atoms. The summed E-state index contributed by atoms with van der Waals surface area (Å²) in [4.78, 5) is 14.4. The van der Waals surface area contributed by atoms with Crippen molar-refractivity contribution in [2.45, 2.75) is 30.7 Å². The highest BCUT2D eigenvalue weighted by Crippen LogP contribution is 2.21. The second-order valence-corrected chi connectivity index (χ2v) is 8.35. The van der Waals surface area contributed by atoms with E-state index in [9.17, 15) is 13.2 Å². The number of amides is 1.